The third kappa shape index (κ3) is 3.89. The highest BCUT2D eigenvalue weighted by atomic mass is 16.6. The van der Waals surface area contributed by atoms with Gasteiger partial charge in [-0.15, -0.1) is 10.2 Å². The Bertz CT molecular complexity index is 1390. The number of benzene rings is 3. The first kappa shape index (κ1) is 20.3. The summed E-state index contributed by atoms with van der Waals surface area (Å²) >= 11 is 0. The average molecular weight is 430 g/mol. The van der Waals surface area contributed by atoms with Gasteiger partial charge in [0.1, 0.15) is 0 Å². The Morgan fingerprint density at radius 2 is 1.44 bits per heavy atom. The van der Waals surface area contributed by atoms with Crippen molar-refractivity contribution in [3.63, 3.8) is 0 Å². The number of nitro groups is 2. The Labute approximate surface area is 179 Å². The van der Waals surface area contributed by atoms with Gasteiger partial charge in [0.05, 0.1) is 21.2 Å². The molecule has 0 atom stereocenters. The molecule has 0 bridgehead atoms. The van der Waals surface area contributed by atoms with E-state index in [1.54, 1.807) is 36.4 Å². The summed E-state index contributed by atoms with van der Waals surface area (Å²) in [5.41, 5.74) is 0.239. The largest absolute Gasteiger partial charge is 0.299 e. The van der Waals surface area contributed by atoms with E-state index in [9.17, 15) is 25.0 Å². The molecule has 0 aliphatic carbocycles. The molecule has 1 N–H and O–H groups in total. The van der Waals surface area contributed by atoms with E-state index in [0.29, 0.717) is 11.3 Å². The highest BCUT2D eigenvalue weighted by molar-refractivity contribution is 5.73. The average Bonchev–Trinajstić information content (AvgIpc) is 3.14. The first-order valence-electron chi connectivity index (χ1n) is 9.26. The fraction of sp³-hybridized carbons (Fsp3) is 0. The van der Waals surface area contributed by atoms with Crippen LogP contribution >= 0.6 is 0 Å². The second kappa shape index (κ2) is 8.44. The van der Waals surface area contributed by atoms with E-state index in [1.165, 1.54) is 47.1 Å². The van der Waals surface area contributed by atoms with Gasteiger partial charge < -0.3 is 0 Å². The molecular weight excluding hydrogens is 416 g/mol. The Morgan fingerprint density at radius 1 is 0.781 bits per heavy atom. The second-order valence-corrected chi connectivity index (χ2v) is 6.56. The van der Waals surface area contributed by atoms with Crippen molar-refractivity contribution in [2.24, 2.45) is 10.2 Å². The summed E-state index contributed by atoms with van der Waals surface area (Å²) in [5, 5.41) is 33.1. The number of hydrogen-bond acceptors (Lipinski definition) is 7. The van der Waals surface area contributed by atoms with Crippen molar-refractivity contribution in [3.05, 3.63) is 109 Å². The molecule has 0 amide bonds. The molecule has 0 unspecified atom stereocenters. The van der Waals surface area contributed by atoms with Crippen molar-refractivity contribution in [2.75, 3.05) is 0 Å². The molecule has 0 fully saturated rings. The highest BCUT2D eigenvalue weighted by Crippen LogP contribution is 2.32. The predicted molar refractivity (Wildman–Crippen MR) is 116 cm³/mol. The molecular formula is C21H14N6O5. The number of nitro benzene ring substituents is 2. The van der Waals surface area contributed by atoms with Gasteiger partial charge in [0.15, 0.2) is 11.4 Å². The Balaban J connectivity index is 1.87. The number of nitrogens with zero attached hydrogens (tertiary/aromatic N) is 5. The van der Waals surface area contributed by atoms with Crippen molar-refractivity contribution < 1.29 is 9.85 Å². The lowest BCUT2D eigenvalue weighted by Gasteiger charge is -2.01. The lowest BCUT2D eigenvalue weighted by molar-refractivity contribution is -0.384. The zero-order valence-electron chi connectivity index (χ0n) is 16.3. The maximum absolute atomic E-state index is 13.1. The summed E-state index contributed by atoms with van der Waals surface area (Å²) in [5.74, 6) is 0. The third-order valence-corrected chi connectivity index (χ3v) is 4.58. The van der Waals surface area contributed by atoms with Gasteiger partial charge in [0.2, 0.25) is 0 Å². The van der Waals surface area contributed by atoms with Gasteiger partial charge >= 0.3 is 0 Å². The number of H-pyrrole nitrogens is 1. The number of azo groups is 1. The van der Waals surface area contributed by atoms with Gasteiger partial charge in [-0.25, -0.2) is 4.68 Å². The van der Waals surface area contributed by atoms with Gasteiger partial charge in [0, 0.05) is 23.8 Å². The molecule has 4 aromatic rings. The van der Waals surface area contributed by atoms with Crippen LogP contribution in [0.25, 0.3) is 16.9 Å². The molecule has 32 heavy (non-hydrogen) atoms. The van der Waals surface area contributed by atoms with E-state index in [0.717, 1.165) is 0 Å². The molecule has 158 valence electrons. The number of non-ortho nitro benzene ring substituents is 1. The van der Waals surface area contributed by atoms with Crippen LogP contribution in [0.5, 0.6) is 0 Å². The lowest BCUT2D eigenvalue weighted by Crippen LogP contribution is -2.13. The molecule has 0 saturated heterocycles. The van der Waals surface area contributed by atoms with Crippen LogP contribution in [-0.4, -0.2) is 19.6 Å². The molecule has 3 aromatic carbocycles. The van der Waals surface area contributed by atoms with Crippen LogP contribution in [0.15, 0.2) is 93.9 Å². The zero-order chi connectivity index (χ0) is 22.7. The molecule has 1 aromatic heterocycles. The van der Waals surface area contributed by atoms with Crippen molar-refractivity contribution in [2.45, 2.75) is 0 Å². The van der Waals surface area contributed by atoms with Crippen LogP contribution in [0.4, 0.5) is 22.7 Å². The van der Waals surface area contributed by atoms with Gasteiger partial charge in [-0.1, -0.05) is 30.3 Å². The van der Waals surface area contributed by atoms with Crippen LogP contribution in [0.3, 0.4) is 0 Å². The van der Waals surface area contributed by atoms with Crippen LogP contribution in [0.2, 0.25) is 0 Å². The zero-order valence-corrected chi connectivity index (χ0v) is 16.3. The molecule has 0 spiro atoms. The lowest BCUT2D eigenvalue weighted by atomic mass is 10.1. The molecule has 11 heteroatoms. The van der Waals surface area contributed by atoms with E-state index >= 15 is 0 Å². The van der Waals surface area contributed by atoms with E-state index in [-0.39, 0.29) is 28.4 Å². The first-order chi connectivity index (χ1) is 15.5. The Morgan fingerprint density at radius 3 is 2.09 bits per heavy atom. The highest BCUT2D eigenvalue weighted by Gasteiger charge is 2.19. The molecule has 0 radical (unpaired) electrons. The maximum Gasteiger partial charge on any atom is 0.299 e. The van der Waals surface area contributed by atoms with E-state index in [2.05, 4.69) is 15.3 Å². The summed E-state index contributed by atoms with van der Waals surface area (Å²) in [6.45, 7) is 0. The van der Waals surface area contributed by atoms with Crippen LogP contribution in [-0.2, 0) is 0 Å². The van der Waals surface area contributed by atoms with Crippen molar-refractivity contribution >= 4 is 22.7 Å². The third-order valence-electron chi connectivity index (χ3n) is 4.58. The van der Waals surface area contributed by atoms with Crippen LogP contribution in [0.1, 0.15) is 0 Å². The minimum atomic E-state index is -0.592. The number of rotatable bonds is 6. The van der Waals surface area contributed by atoms with Gasteiger partial charge in [0.25, 0.3) is 16.9 Å². The SMILES string of the molecule is O=c1c(N=Nc2ccccc2[N+](=O)[O-])c(-c2ccc([N+](=O)[O-])cc2)[nH]n1-c1ccccc1. The first-order valence-corrected chi connectivity index (χ1v) is 9.26. The standard InChI is InChI=1S/C21H14N6O5/c28-21-20(23-22-17-8-4-5-9-18(17)27(31)32)19(14-10-12-16(13-11-14)26(29)30)24-25(21)15-6-2-1-3-7-15/h1-13,24H. The maximum atomic E-state index is 13.1. The van der Waals surface area contributed by atoms with E-state index in [1.807, 2.05) is 0 Å². The summed E-state index contributed by atoms with van der Waals surface area (Å²) in [4.78, 5) is 34.2. The summed E-state index contributed by atoms with van der Waals surface area (Å²) in [6, 6.07) is 20.0. The number of hydrogen-bond donors (Lipinski definition) is 1. The van der Waals surface area contributed by atoms with Gasteiger partial charge in [-0.05, 0) is 30.3 Å². The molecule has 11 nitrogen and oxygen atoms in total. The molecule has 0 saturated carbocycles. The fourth-order valence-electron chi connectivity index (χ4n) is 3.04. The molecule has 0 aliphatic heterocycles. The summed E-state index contributed by atoms with van der Waals surface area (Å²) < 4.78 is 1.25. The number of aromatic amines is 1. The van der Waals surface area contributed by atoms with E-state index in [4.69, 9.17) is 0 Å². The van der Waals surface area contributed by atoms with E-state index < -0.39 is 15.4 Å². The predicted octanol–water partition coefficient (Wildman–Crippen LogP) is 5.06. The van der Waals surface area contributed by atoms with Gasteiger partial charge in [-0.3, -0.25) is 30.1 Å². The second-order valence-electron chi connectivity index (χ2n) is 6.56. The number of para-hydroxylation sites is 2. The minimum absolute atomic E-state index is 0.0148. The summed E-state index contributed by atoms with van der Waals surface area (Å²) in [7, 11) is 0. The molecule has 4 rings (SSSR count). The van der Waals surface area contributed by atoms with Crippen LogP contribution in [0, 0.1) is 20.2 Å². The van der Waals surface area contributed by atoms with Gasteiger partial charge in [-0.2, -0.15) is 0 Å². The monoisotopic (exact) mass is 430 g/mol. The molecule has 0 aliphatic rings. The number of aromatic nitrogens is 2. The molecule has 1 heterocycles. The fourth-order valence-corrected chi connectivity index (χ4v) is 3.04. The summed E-state index contributed by atoms with van der Waals surface area (Å²) in [6.07, 6.45) is 0. The Hall–Kier alpha value is -4.93. The van der Waals surface area contributed by atoms with Crippen LogP contribution < -0.4 is 5.56 Å². The van der Waals surface area contributed by atoms with Crippen molar-refractivity contribution in [1.29, 1.82) is 0 Å². The smallest absolute Gasteiger partial charge is 0.288 e. The normalized spacial score (nSPS) is 11.0. The number of nitrogens with one attached hydrogen (secondary N) is 1. The van der Waals surface area contributed by atoms with Crippen molar-refractivity contribution in [3.8, 4) is 16.9 Å². The van der Waals surface area contributed by atoms with Crippen molar-refractivity contribution in [1.82, 2.24) is 9.78 Å². The Kier molecular flexibility index (Phi) is 5.36. The topological polar surface area (TPSA) is 149 Å². The minimum Gasteiger partial charge on any atom is -0.288 e. The quantitative estimate of drug-likeness (QED) is 0.258.